The van der Waals surface area contributed by atoms with Crippen LogP contribution in [0.3, 0.4) is 0 Å². The van der Waals surface area contributed by atoms with E-state index in [9.17, 15) is 24.3 Å². The maximum atomic E-state index is 11.6. The summed E-state index contributed by atoms with van der Waals surface area (Å²) in [5.41, 5.74) is 6.36. The van der Waals surface area contributed by atoms with Gasteiger partial charge in [0.05, 0.1) is 0 Å². The summed E-state index contributed by atoms with van der Waals surface area (Å²) in [6.45, 7) is 7.39. The number of aliphatic carboxylic acids is 1. The maximum Gasteiger partial charge on any atom is 0.321 e. The standard InChI is InChI=1S/C20H27NO8/c1-6-17(24)27-11(3)10(2)18(19(21)20(25)26)14-7-8-15(28-12(4)22)16(9-14)29-13(5)23/h7-11,18-19H,6,21H2,1-5H3,(H,25,26)/t10?,11?,18?,19-/m0/s1. The van der Waals surface area contributed by atoms with Crippen molar-refractivity contribution < 1.29 is 38.5 Å². The maximum absolute atomic E-state index is 11.6. The number of carbonyl (C=O) groups is 4. The van der Waals surface area contributed by atoms with Gasteiger partial charge in [-0.05, 0) is 24.6 Å². The summed E-state index contributed by atoms with van der Waals surface area (Å²) < 4.78 is 15.5. The number of hydrogen-bond donors (Lipinski definition) is 2. The zero-order valence-electron chi connectivity index (χ0n) is 17.1. The molecule has 160 valence electrons. The van der Waals surface area contributed by atoms with Crippen molar-refractivity contribution in [2.24, 2.45) is 11.7 Å². The van der Waals surface area contributed by atoms with Crippen LogP contribution in [0.25, 0.3) is 0 Å². The Morgan fingerprint density at radius 1 is 1.03 bits per heavy atom. The molecule has 0 bridgehead atoms. The zero-order valence-corrected chi connectivity index (χ0v) is 17.1. The molecule has 0 amide bonds. The van der Waals surface area contributed by atoms with Gasteiger partial charge in [0, 0.05) is 32.1 Å². The van der Waals surface area contributed by atoms with E-state index in [1.54, 1.807) is 20.8 Å². The summed E-state index contributed by atoms with van der Waals surface area (Å²) in [6, 6.07) is 3.01. The van der Waals surface area contributed by atoms with Gasteiger partial charge in [-0.15, -0.1) is 0 Å². The van der Waals surface area contributed by atoms with E-state index in [1.165, 1.54) is 32.0 Å². The van der Waals surface area contributed by atoms with Crippen LogP contribution in [0.5, 0.6) is 11.5 Å². The summed E-state index contributed by atoms with van der Waals surface area (Å²) in [4.78, 5) is 46.0. The monoisotopic (exact) mass is 409 g/mol. The summed E-state index contributed by atoms with van der Waals surface area (Å²) in [5.74, 6) is -4.22. The lowest BCUT2D eigenvalue weighted by Gasteiger charge is -2.31. The van der Waals surface area contributed by atoms with Crippen molar-refractivity contribution in [1.82, 2.24) is 0 Å². The number of ether oxygens (including phenoxy) is 3. The lowest BCUT2D eigenvalue weighted by Crippen LogP contribution is -2.42. The van der Waals surface area contributed by atoms with Crippen molar-refractivity contribution in [1.29, 1.82) is 0 Å². The molecule has 0 spiro atoms. The molecule has 0 aromatic heterocycles. The minimum Gasteiger partial charge on any atom is -0.480 e. The molecule has 4 atom stereocenters. The summed E-state index contributed by atoms with van der Waals surface area (Å²) in [7, 11) is 0. The number of carboxylic acids is 1. The van der Waals surface area contributed by atoms with Crippen LogP contribution in [-0.2, 0) is 23.9 Å². The Morgan fingerprint density at radius 3 is 2.07 bits per heavy atom. The topological polar surface area (TPSA) is 142 Å². The lowest BCUT2D eigenvalue weighted by molar-refractivity contribution is -0.151. The van der Waals surface area contributed by atoms with Gasteiger partial charge in [0.15, 0.2) is 11.5 Å². The van der Waals surface area contributed by atoms with Gasteiger partial charge < -0.3 is 25.1 Å². The van der Waals surface area contributed by atoms with Gasteiger partial charge in [-0.25, -0.2) is 0 Å². The molecule has 0 aliphatic rings. The second-order valence-electron chi connectivity index (χ2n) is 6.69. The zero-order chi connectivity index (χ0) is 22.3. The van der Waals surface area contributed by atoms with E-state index in [1.807, 2.05) is 0 Å². The third-order valence-electron chi connectivity index (χ3n) is 4.44. The van der Waals surface area contributed by atoms with Crippen LogP contribution in [0.2, 0.25) is 0 Å². The molecule has 29 heavy (non-hydrogen) atoms. The van der Waals surface area contributed by atoms with Crippen molar-refractivity contribution in [3.63, 3.8) is 0 Å². The van der Waals surface area contributed by atoms with Crippen LogP contribution in [0.4, 0.5) is 0 Å². The van der Waals surface area contributed by atoms with E-state index in [0.717, 1.165) is 0 Å². The molecule has 3 unspecified atom stereocenters. The first kappa shape index (κ1) is 24.1. The molecule has 9 nitrogen and oxygen atoms in total. The average Bonchev–Trinajstić information content (AvgIpc) is 2.62. The highest BCUT2D eigenvalue weighted by atomic mass is 16.6. The Bertz CT molecular complexity index is 776. The quantitative estimate of drug-likeness (QED) is 0.462. The van der Waals surface area contributed by atoms with E-state index < -0.39 is 47.9 Å². The number of benzene rings is 1. The number of nitrogens with two attached hydrogens (primary N) is 1. The lowest BCUT2D eigenvalue weighted by atomic mass is 9.79. The number of carboxylic acid groups (broad SMARTS) is 1. The van der Waals surface area contributed by atoms with Crippen molar-refractivity contribution in [2.75, 3.05) is 0 Å². The van der Waals surface area contributed by atoms with E-state index in [4.69, 9.17) is 19.9 Å². The SMILES string of the molecule is CCC(=O)OC(C)C(C)C(c1ccc(OC(C)=O)c(OC(C)=O)c1)[C@H](N)C(=O)O. The van der Waals surface area contributed by atoms with Gasteiger partial charge in [0.25, 0.3) is 0 Å². The molecular formula is C20H27NO8. The molecular weight excluding hydrogens is 382 g/mol. The third kappa shape index (κ3) is 6.86. The molecule has 1 aromatic carbocycles. The van der Waals surface area contributed by atoms with Crippen LogP contribution in [0, 0.1) is 5.92 Å². The summed E-state index contributed by atoms with van der Waals surface area (Å²) in [6.07, 6.45) is -0.441. The molecule has 0 fully saturated rings. The Kier molecular flexibility index (Phi) is 8.78. The van der Waals surface area contributed by atoms with E-state index >= 15 is 0 Å². The van der Waals surface area contributed by atoms with Crippen LogP contribution in [0.15, 0.2) is 18.2 Å². The Morgan fingerprint density at radius 2 is 1.59 bits per heavy atom. The minimum absolute atomic E-state index is 0.0113. The first-order chi connectivity index (χ1) is 13.5. The number of carbonyl (C=O) groups excluding carboxylic acids is 3. The van der Waals surface area contributed by atoms with Gasteiger partial charge >= 0.3 is 23.9 Å². The molecule has 3 N–H and O–H groups in total. The number of esters is 3. The fourth-order valence-electron chi connectivity index (χ4n) is 2.89. The molecule has 0 aliphatic heterocycles. The van der Waals surface area contributed by atoms with Crippen molar-refractivity contribution >= 4 is 23.9 Å². The van der Waals surface area contributed by atoms with Crippen LogP contribution in [-0.4, -0.2) is 41.1 Å². The highest BCUT2D eigenvalue weighted by molar-refractivity contribution is 5.76. The van der Waals surface area contributed by atoms with Crippen LogP contribution < -0.4 is 15.2 Å². The van der Waals surface area contributed by atoms with Gasteiger partial charge in [0.1, 0.15) is 12.1 Å². The van der Waals surface area contributed by atoms with Gasteiger partial charge in [-0.3, -0.25) is 19.2 Å². The molecule has 0 radical (unpaired) electrons. The van der Waals surface area contributed by atoms with E-state index in [2.05, 4.69) is 0 Å². The van der Waals surface area contributed by atoms with Crippen molar-refractivity contribution in [3.05, 3.63) is 23.8 Å². The molecule has 0 saturated heterocycles. The molecule has 1 rings (SSSR count). The predicted molar refractivity (Wildman–Crippen MR) is 102 cm³/mol. The van der Waals surface area contributed by atoms with Crippen LogP contribution in [0.1, 0.15) is 52.5 Å². The minimum atomic E-state index is -1.32. The fraction of sp³-hybridized carbons (Fsp3) is 0.500. The molecule has 1 aromatic rings. The van der Waals surface area contributed by atoms with E-state index in [-0.39, 0.29) is 17.9 Å². The average molecular weight is 409 g/mol. The molecule has 0 heterocycles. The second kappa shape index (κ2) is 10.6. The number of hydrogen-bond acceptors (Lipinski definition) is 8. The molecule has 0 aliphatic carbocycles. The van der Waals surface area contributed by atoms with Crippen molar-refractivity contribution in [3.8, 4) is 11.5 Å². The summed E-state index contributed by atoms with van der Waals surface area (Å²) in [5, 5.41) is 9.47. The van der Waals surface area contributed by atoms with Crippen LogP contribution >= 0.6 is 0 Å². The summed E-state index contributed by atoms with van der Waals surface area (Å²) >= 11 is 0. The van der Waals surface area contributed by atoms with E-state index in [0.29, 0.717) is 5.56 Å². The largest absolute Gasteiger partial charge is 0.480 e. The second-order valence-corrected chi connectivity index (χ2v) is 6.69. The number of rotatable bonds is 9. The highest BCUT2D eigenvalue weighted by Gasteiger charge is 2.35. The van der Waals surface area contributed by atoms with Crippen molar-refractivity contribution in [2.45, 2.75) is 59.1 Å². The van der Waals surface area contributed by atoms with Gasteiger partial charge in [-0.1, -0.05) is 19.9 Å². The Hall–Kier alpha value is -2.94. The first-order valence-electron chi connectivity index (χ1n) is 9.16. The smallest absolute Gasteiger partial charge is 0.321 e. The Balaban J connectivity index is 3.40. The highest BCUT2D eigenvalue weighted by Crippen LogP contribution is 2.37. The Labute approximate surface area is 169 Å². The predicted octanol–water partition coefficient (Wildman–Crippen LogP) is 2.01. The molecule has 9 heteroatoms. The third-order valence-corrected chi connectivity index (χ3v) is 4.44. The normalized spacial score (nSPS) is 14.8. The first-order valence-corrected chi connectivity index (χ1v) is 9.16. The molecule has 0 saturated carbocycles. The van der Waals surface area contributed by atoms with Gasteiger partial charge in [-0.2, -0.15) is 0 Å². The fourth-order valence-corrected chi connectivity index (χ4v) is 2.89. The van der Waals surface area contributed by atoms with Gasteiger partial charge in [0.2, 0.25) is 0 Å².